The first-order valence-corrected chi connectivity index (χ1v) is 8.63. The van der Waals surface area contributed by atoms with E-state index in [-0.39, 0.29) is 5.56 Å². The summed E-state index contributed by atoms with van der Waals surface area (Å²) in [5, 5.41) is 5.48. The van der Waals surface area contributed by atoms with Crippen LogP contribution in [-0.4, -0.2) is 10.2 Å². The average molecular weight is 340 g/mol. The molecule has 0 aromatic carbocycles. The first-order valence-electron chi connectivity index (χ1n) is 8.63. The van der Waals surface area contributed by atoms with Gasteiger partial charge in [-0.05, 0) is 37.7 Å². The van der Waals surface area contributed by atoms with Crippen molar-refractivity contribution in [2.75, 3.05) is 0 Å². The van der Waals surface area contributed by atoms with E-state index in [0.717, 1.165) is 12.8 Å². The van der Waals surface area contributed by atoms with E-state index in [9.17, 15) is 18.0 Å². The topological polar surface area (TPSA) is 45.8 Å². The molecule has 1 N–H and O–H groups in total. The number of halogens is 3. The number of aromatic nitrogens is 2. The largest absolute Gasteiger partial charge is 0.422 e. The maximum absolute atomic E-state index is 12.5. The lowest BCUT2D eigenvalue weighted by Gasteiger charge is -2.09. The van der Waals surface area contributed by atoms with Crippen LogP contribution in [0.4, 0.5) is 13.2 Å². The zero-order valence-electron chi connectivity index (χ0n) is 13.8. The summed E-state index contributed by atoms with van der Waals surface area (Å²) in [5.41, 5.74) is -1.77. The number of hydrogen-bond donors (Lipinski definition) is 1. The van der Waals surface area contributed by atoms with Gasteiger partial charge in [-0.2, -0.15) is 18.3 Å². The van der Waals surface area contributed by atoms with E-state index in [1.165, 1.54) is 38.5 Å². The Morgan fingerprint density at radius 2 is 1.46 bits per heavy atom. The van der Waals surface area contributed by atoms with Gasteiger partial charge in [-0.1, -0.05) is 25.7 Å². The fourth-order valence-corrected chi connectivity index (χ4v) is 3.04. The summed E-state index contributed by atoms with van der Waals surface area (Å²) in [6.45, 7) is 0. The molecule has 1 aromatic rings. The molecular weight excluding hydrogens is 317 g/mol. The second-order valence-corrected chi connectivity index (χ2v) is 6.18. The number of alkyl halides is 3. The van der Waals surface area contributed by atoms with Crippen LogP contribution < -0.4 is 5.56 Å². The molecule has 0 unspecified atom stereocenters. The minimum Gasteiger partial charge on any atom is -0.267 e. The molecule has 2 aliphatic rings. The van der Waals surface area contributed by atoms with Gasteiger partial charge in [-0.25, -0.2) is 5.10 Å². The fourth-order valence-electron chi connectivity index (χ4n) is 3.04. The van der Waals surface area contributed by atoms with Crippen LogP contribution in [0.3, 0.4) is 0 Å². The Balaban J connectivity index is 0.000000185. The number of H-pyrrole nitrogens is 1. The maximum Gasteiger partial charge on any atom is 0.422 e. The molecule has 3 nitrogen and oxygen atoms in total. The van der Waals surface area contributed by atoms with E-state index in [0.29, 0.717) is 25.0 Å². The molecule has 0 atom stereocenters. The first kappa shape index (κ1) is 18.6. The van der Waals surface area contributed by atoms with Gasteiger partial charge in [0.2, 0.25) is 0 Å². The Morgan fingerprint density at radius 1 is 0.875 bits per heavy atom. The monoisotopic (exact) mass is 340 g/mol. The number of rotatable bonds is 0. The second-order valence-electron chi connectivity index (χ2n) is 6.18. The number of nitrogens with zero attached hydrogens (tertiary/aromatic N) is 1. The van der Waals surface area contributed by atoms with E-state index in [1.54, 1.807) is 0 Å². The highest BCUT2D eigenvalue weighted by molar-refractivity contribution is 5.33. The Labute approximate surface area is 140 Å². The van der Waals surface area contributed by atoms with Crippen molar-refractivity contribution in [3.05, 3.63) is 27.2 Å². The Kier molecular flexibility index (Phi) is 6.89. The fraction of sp³-hybridized carbons (Fsp3) is 0.667. The highest BCUT2D eigenvalue weighted by atomic mass is 19.4. The van der Waals surface area contributed by atoms with Crippen molar-refractivity contribution in [3.8, 4) is 11.8 Å². The molecule has 1 aromatic heterocycles. The minimum absolute atomic E-state index is 0.0706. The van der Waals surface area contributed by atoms with Crippen LogP contribution in [-0.2, 0) is 19.0 Å². The van der Waals surface area contributed by atoms with Gasteiger partial charge in [-0.3, -0.25) is 4.79 Å². The predicted octanol–water partition coefficient (Wildman–Crippen LogP) is 4.40. The van der Waals surface area contributed by atoms with Gasteiger partial charge in [0.05, 0.1) is 5.69 Å². The molecule has 0 aliphatic heterocycles. The van der Waals surface area contributed by atoms with Gasteiger partial charge >= 0.3 is 6.18 Å². The predicted molar refractivity (Wildman–Crippen MR) is 86.6 cm³/mol. The lowest BCUT2D eigenvalue weighted by atomic mass is 10.1. The summed E-state index contributed by atoms with van der Waals surface area (Å²) < 4.78 is 37.4. The van der Waals surface area contributed by atoms with Crippen molar-refractivity contribution < 1.29 is 13.2 Å². The average Bonchev–Trinajstić information content (AvgIpc) is 3.00. The number of nitrogens with one attached hydrogen (secondary N) is 1. The first-order chi connectivity index (χ1) is 11.5. The molecule has 0 saturated heterocycles. The molecule has 0 spiro atoms. The lowest BCUT2D eigenvalue weighted by molar-refractivity contribution is -0.139. The van der Waals surface area contributed by atoms with Gasteiger partial charge in [0, 0.05) is 12.8 Å². The maximum atomic E-state index is 12.5. The molecule has 0 bridgehead atoms. The summed E-state index contributed by atoms with van der Waals surface area (Å²) in [6.07, 6.45) is 7.44. The highest BCUT2D eigenvalue weighted by Gasteiger charge is 2.39. The third-order valence-corrected chi connectivity index (χ3v) is 4.27. The molecule has 0 saturated carbocycles. The van der Waals surface area contributed by atoms with E-state index < -0.39 is 17.3 Å². The molecule has 1 heterocycles. The molecule has 3 rings (SSSR count). The van der Waals surface area contributed by atoms with Gasteiger partial charge in [0.1, 0.15) is 5.56 Å². The summed E-state index contributed by atoms with van der Waals surface area (Å²) in [5.74, 6) is 6.41. The number of hydrogen-bond acceptors (Lipinski definition) is 2. The molecule has 0 radical (unpaired) electrons. The summed E-state index contributed by atoms with van der Waals surface area (Å²) in [4.78, 5) is 11.0. The number of aromatic amines is 1. The molecule has 0 fully saturated rings. The van der Waals surface area contributed by atoms with Crippen molar-refractivity contribution in [2.24, 2.45) is 0 Å². The summed E-state index contributed by atoms with van der Waals surface area (Å²) in [6, 6.07) is 0. The van der Waals surface area contributed by atoms with E-state index in [2.05, 4.69) is 16.9 Å². The molecule has 2 aliphatic carbocycles. The van der Waals surface area contributed by atoms with Gasteiger partial charge < -0.3 is 0 Å². The summed E-state index contributed by atoms with van der Waals surface area (Å²) >= 11 is 0. The van der Waals surface area contributed by atoms with Crippen molar-refractivity contribution >= 4 is 0 Å². The van der Waals surface area contributed by atoms with Crippen LogP contribution in [0, 0.1) is 11.8 Å². The zero-order valence-corrected chi connectivity index (χ0v) is 13.8. The van der Waals surface area contributed by atoms with Crippen molar-refractivity contribution in [3.63, 3.8) is 0 Å². The van der Waals surface area contributed by atoms with Gasteiger partial charge in [0.15, 0.2) is 0 Å². The van der Waals surface area contributed by atoms with Crippen LogP contribution in [0.15, 0.2) is 4.79 Å². The van der Waals surface area contributed by atoms with Gasteiger partial charge in [-0.15, -0.1) is 11.8 Å². The Bertz CT molecular complexity index is 639. The highest BCUT2D eigenvalue weighted by Crippen LogP contribution is 2.33. The van der Waals surface area contributed by atoms with Crippen molar-refractivity contribution in [1.29, 1.82) is 0 Å². The third kappa shape index (κ3) is 5.40. The van der Waals surface area contributed by atoms with Crippen LogP contribution in [0.1, 0.15) is 74.6 Å². The number of aryl methyl sites for hydroxylation is 1. The van der Waals surface area contributed by atoms with Crippen LogP contribution in [0.5, 0.6) is 0 Å². The Hall–Kier alpha value is -1.77. The van der Waals surface area contributed by atoms with Crippen LogP contribution in [0.25, 0.3) is 0 Å². The minimum atomic E-state index is -4.58. The molecule has 24 heavy (non-hydrogen) atoms. The lowest BCUT2D eigenvalue weighted by Crippen LogP contribution is -2.25. The third-order valence-electron chi connectivity index (χ3n) is 4.27. The van der Waals surface area contributed by atoms with E-state index >= 15 is 0 Å². The molecule has 0 amide bonds. The summed E-state index contributed by atoms with van der Waals surface area (Å²) in [7, 11) is 0. The van der Waals surface area contributed by atoms with E-state index in [1.807, 2.05) is 5.10 Å². The van der Waals surface area contributed by atoms with Crippen molar-refractivity contribution in [2.45, 2.75) is 76.8 Å². The smallest absolute Gasteiger partial charge is 0.267 e. The second kappa shape index (κ2) is 8.91. The zero-order chi connectivity index (χ0) is 17.4. The number of fused-ring (bicyclic) bond motifs is 1. The van der Waals surface area contributed by atoms with Gasteiger partial charge in [0.25, 0.3) is 5.56 Å². The Morgan fingerprint density at radius 3 is 2.04 bits per heavy atom. The van der Waals surface area contributed by atoms with Crippen LogP contribution in [0.2, 0.25) is 0 Å². The van der Waals surface area contributed by atoms with E-state index in [4.69, 9.17) is 0 Å². The van der Waals surface area contributed by atoms with Crippen LogP contribution >= 0.6 is 0 Å². The molecule has 132 valence electrons. The van der Waals surface area contributed by atoms with Crippen molar-refractivity contribution in [1.82, 2.24) is 10.2 Å². The SMILES string of the molecule is C1#CCCCCCCCC1.O=c1[nH]nc2c(c1C(F)(F)F)CCC2. The normalized spacial score (nSPS) is 17.8. The standard InChI is InChI=1S/C10H16.C8H7F3N2O/c1-2-4-6-8-10-9-7-5-3-1;9-8(10,11)6-4-2-1-3-5(4)12-13-7(6)14/h1-8H2;1-3H2,(H,13,14). The quantitative estimate of drug-likeness (QED) is 0.712. The molecule has 6 heteroatoms. The molecular formula is C18H23F3N2O.